The van der Waals surface area contributed by atoms with Crippen molar-refractivity contribution in [3.8, 4) is 66.8 Å². The lowest BCUT2D eigenvalue weighted by atomic mass is 9.33. The zero-order chi connectivity index (χ0) is 76.7. The molecule has 15 aromatic rings. The Morgan fingerprint density at radius 2 is 0.755 bits per heavy atom. The van der Waals surface area contributed by atoms with Crippen LogP contribution in [0.3, 0.4) is 0 Å². The Hall–Kier alpha value is -11.7. The molecular weight excluding hydrogens is 1330 g/mol. The Morgan fingerprint density at radius 3 is 1.30 bits per heavy atom. The highest BCUT2D eigenvalue weighted by molar-refractivity contribution is 7.00. The third kappa shape index (κ3) is 12.4. The molecule has 0 saturated heterocycles. The van der Waals surface area contributed by atoms with Crippen LogP contribution in [0.5, 0.6) is 0 Å². The summed E-state index contributed by atoms with van der Waals surface area (Å²) in [5, 5.41) is 4.23. The van der Waals surface area contributed by atoms with E-state index >= 15 is 0 Å². The van der Waals surface area contributed by atoms with Gasteiger partial charge in [0.05, 0.1) is 11.4 Å². The van der Waals surface area contributed by atoms with E-state index in [0.717, 1.165) is 150 Å². The van der Waals surface area contributed by atoms with E-state index in [2.05, 4.69) is 400 Å². The van der Waals surface area contributed by atoms with E-state index in [9.17, 15) is 0 Å². The summed E-state index contributed by atoms with van der Waals surface area (Å²) in [6, 6.07) is 99.4. The summed E-state index contributed by atoms with van der Waals surface area (Å²) in [4.78, 5) is 5.45. The second kappa shape index (κ2) is 26.6. The molecule has 17 rings (SSSR count). The zero-order valence-electron chi connectivity index (χ0n) is 66.6. The molecule has 0 atom stereocenters. The van der Waals surface area contributed by atoms with E-state index < -0.39 is 0 Å². The summed E-state index contributed by atoms with van der Waals surface area (Å²) >= 11 is 0. The van der Waals surface area contributed by atoms with Gasteiger partial charge in [0.15, 0.2) is 0 Å². The third-order valence-corrected chi connectivity index (χ3v) is 23.1. The van der Waals surface area contributed by atoms with Gasteiger partial charge in [0.2, 0.25) is 0 Å². The zero-order valence-corrected chi connectivity index (χ0v) is 66.6. The molecule has 0 radical (unpaired) electrons. The van der Waals surface area contributed by atoms with E-state index in [1.54, 1.807) is 0 Å². The van der Waals surface area contributed by atoms with Gasteiger partial charge in [-0.2, -0.15) is 0 Å². The number of nitrogens with zero attached hydrogens (tertiary/aromatic N) is 2. The molecular formula is C105H97BN2O2. The fourth-order valence-corrected chi connectivity index (χ4v) is 16.9. The van der Waals surface area contributed by atoms with Crippen molar-refractivity contribution in [3.05, 3.63) is 325 Å². The topological polar surface area (TPSA) is 32.8 Å². The number of hydrogen-bond donors (Lipinski definition) is 0. The van der Waals surface area contributed by atoms with Crippen molar-refractivity contribution in [1.82, 2.24) is 0 Å². The first kappa shape index (κ1) is 71.3. The number of rotatable bonds is 11. The molecule has 4 nitrogen and oxygen atoms in total. The average Bonchev–Trinajstić information content (AvgIpc) is 0.838. The van der Waals surface area contributed by atoms with Gasteiger partial charge in [-0.05, 0) is 213 Å². The van der Waals surface area contributed by atoms with Crippen molar-refractivity contribution in [1.29, 1.82) is 0 Å². The van der Waals surface area contributed by atoms with Crippen molar-refractivity contribution >= 4 is 107 Å². The van der Waals surface area contributed by atoms with Crippen LogP contribution in [0.1, 0.15) is 144 Å². The number of allylic oxidation sites excluding steroid dienone is 5. The summed E-state index contributed by atoms with van der Waals surface area (Å²) in [5.74, 6) is 0. The first-order valence-electron chi connectivity index (χ1n) is 39.2. The SMILES string of the molecule is C=C/C=C\C(=C/C)c1cc(C(C)(C)C)cc(-c2ccccc2)c1N1c2cc(-c3cc(C(C)(C)C)cc(C(C)(C)C)c3)ccc2B2c3ccc(C(C)(C)C)cc3N(c3c(-c4ccccc4)cc(C(C)(C)C)cc3-c3ccccc3)c3cc(-c4cc(-c5ccc6oc7ccccc7c6c5)c5oc6ccccc6c5c4)cc1c32. The lowest BCUT2D eigenvalue weighted by molar-refractivity contribution is 0.569. The van der Waals surface area contributed by atoms with E-state index in [-0.39, 0.29) is 33.8 Å². The van der Waals surface area contributed by atoms with Gasteiger partial charge in [0, 0.05) is 72.1 Å². The van der Waals surface area contributed by atoms with E-state index in [4.69, 9.17) is 8.83 Å². The summed E-state index contributed by atoms with van der Waals surface area (Å²) in [7, 11) is 0. The van der Waals surface area contributed by atoms with Gasteiger partial charge < -0.3 is 18.6 Å². The van der Waals surface area contributed by atoms with Gasteiger partial charge in [-0.15, -0.1) is 0 Å². The van der Waals surface area contributed by atoms with Crippen molar-refractivity contribution in [3.63, 3.8) is 0 Å². The molecule has 0 N–H and O–H groups in total. The quantitative estimate of drug-likeness (QED) is 0.0954. The van der Waals surface area contributed by atoms with Gasteiger partial charge >= 0.3 is 0 Å². The van der Waals surface area contributed by atoms with E-state index in [1.165, 1.54) is 49.8 Å². The standard InChI is InChI=1S/C105H97BN2O2/c1-18-20-34-65(19-2)81-60-77(104(12,13)14)61-82(66-35-24-21-25-36-66)98(81)107-90-56-69(71-51-75(102(6,7)8)59-76(52-71)103(9,10)11)45-48-88(90)106-89-49-47-74(101(3,4)5)64-91(89)108(99-83(67-37-26-22-27-38-67)62-78(105(15,16)17)63-84(99)68-39-28-23-29-40-68)93-58-73(57-92(107)97(93)106)72-54-85(100-87(55-72)80-42-31-33-44-95(80)110-100)70-46-50-96-86(53-70)79-41-30-32-43-94(79)109-96/h18-64H,1H2,2-17H3/b34-20-,65-19+. The van der Waals surface area contributed by atoms with Gasteiger partial charge in [0.25, 0.3) is 6.71 Å². The van der Waals surface area contributed by atoms with Crippen LogP contribution >= 0.6 is 0 Å². The Balaban J connectivity index is 1.10. The monoisotopic (exact) mass is 1430 g/mol. The van der Waals surface area contributed by atoms with Gasteiger partial charge in [0.1, 0.15) is 22.3 Å². The second-order valence-electron chi connectivity index (χ2n) is 35.7. The highest BCUT2D eigenvalue weighted by Crippen LogP contribution is 2.56. The van der Waals surface area contributed by atoms with Crippen LogP contribution in [0.2, 0.25) is 0 Å². The molecule has 0 aliphatic carbocycles. The maximum absolute atomic E-state index is 7.18. The molecule has 0 unspecified atom stereocenters. The molecule has 4 heterocycles. The Morgan fingerprint density at radius 1 is 0.327 bits per heavy atom. The molecule has 2 aromatic heterocycles. The first-order chi connectivity index (χ1) is 52.6. The predicted molar refractivity (Wildman–Crippen MR) is 474 cm³/mol. The number of benzene rings is 13. The summed E-state index contributed by atoms with van der Waals surface area (Å²) in [6.07, 6.45) is 8.55. The Labute approximate surface area is 650 Å². The molecule has 0 saturated carbocycles. The van der Waals surface area contributed by atoms with E-state index in [0.29, 0.717) is 0 Å². The minimum absolute atomic E-state index is 0.123. The van der Waals surface area contributed by atoms with Gasteiger partial charge in [-0.25, -0.2) is 0 Å². The summed E-state index contributed by atoms with van der Waals surface area (Å²) < 4.78 is 13.7. The van der Waals surface area contributed by atoms with Crippen molar-refractivity contribution in [2.24, 2.45) is 0 Å². The fourth-order valence-electron chi connectivity index (χ4n) is 16.9. The number of hydrogen-bond acceptors (Lipinski definition) is 4. The molecule has 0 bridgehead atoms. The van der Waals surface area contributed by atoms with Gasteiger partial charge in [-0.1, -0.05) is 311 Å². The molecule has 0 amide bonds. The van der Waals surface area contributed by atoms with Crippen molar-refractivity contribution in [2.75, 3.05) is 9.80 Å². The maximum atomic E-state index is 7.18. The lowest BCUT2D eigenvalue weighted by Gasteiger charge is -2.46. The maximum Gasteiger partial charge on any atom is 0.252 e. The lowest BCUT2D eigenvalue weighted by Crippen LogP contribution is -2.61. The number of para-hydroxylation sites is 2. The largest absolute Gasteiger partial charge is 0.456 e. The van der Waals surface area contributed by atoms with Crippen molar-refractivity contribution in [2.45, 2.75) is 138 Å². The Kier molecular flexibility index (Phi) is 17.2. The normalized spacial score (nSPS) is 13.5. The molecule has 542 valence electrons. The van der Waals surface area contributed by atoms with Crippen LogP contribution < -0.4 is 26.2 Å². The van der Waals surface area contributed by atoms with Crippen LogP contribution in [0.25, 0.3) is 116 Å². The van der Waals surface area contributed by atoms with Crippen LogP contribution in [0, 0.1) is 0 Å². The molecule has 0 spiro atoms. The third-order valence-electron chi connectivity index (χ3n) is 23.1. The molecule has 2 aliphatic heterocycles. The molecule has 13 aromatic carbocycles. The number of fused-ring (bicyclic) bond motifs is 10. The van der Waals surface area contributed by atoms with Crippen LogP contribution in [-0.4, -0.2) is 6.71 Å². The van der Waals surface area contributed by atoms with Crippen LogP contribution in [-0.2, 0) is 27.1 Å². The molecule has 0 fully saturated rings. The molecule has 110 heavy (non-hydrogen) atoms. The highest BCUT2D eigenvalue weighted by atomic mass is 16.3. The molecule has 5 heteroatoms. The molecule has 2 aliphatic rings. The average molecular weight is 1430 g/mol. The smallest absolute Gasteiger partial charge is 0.252 e. The predicted octanol–water partition coefficient (Wildman–Crippen LogP) is 28.2. The second-order valence-corrected chi connectivity index (χ2v) is 35.7. The minimum atomic E-state index is -0.262. The number of anilines is 6. The van der Waals surface area contributed by atoms with E-state index in [1.807, 2.05) is 12.1 Å². The minimum Gasteiger partial charge on any atom is -0.456 e. The summed E-state index contributed by atoms with van der Waals surface area (Å²) in [5.41, 5.74) is 34.7. The first-order valence-corrected chi connectivity index (χ1v) is 39.2. The highest BCUT2D eigenvalue weighted by Gasteiger charge is 2.47. The number of furan rings is 2. The Bertz CT molecular complexity index is 6170. The summed E-state index contributed by atoms with van der Waals surface area (Å²) in [6.45, 7) is 41.5. The van der Waals surface area contributed by atoms with Crippen LogP contribution in [0.15, 0.2) is 301 Å². The van der Waals surface area contributed by atoms with Gasteiger partial charge in [-0.3, -0.25) is 0 Å². The van der Waals surface area contributed by atoms with Crippen LogP contribution in [0.4, 0.5) is 34.1 Å². The van der Waals surface area contributed by atoms with Crippen molar-refractivity contribution < 1.29 is 8.83 Å². The fraction of sp³-hybridized carbons (Fsp3) is 0.200.